The van der Waals surface area contributed by atoms with Crippen molar-refractivity contribution in [3.05, 3.63) is 12.2 Å². The number of unbranched alkanes of at least 4 members (excludes halogenated alkanes) is 25. The van der Waals surface area contributed by atoms with Crippen molar-refractivity contribution in [2.45, 2.75) is 422 Å². The third-order valence-electron chi connectivity index (χ3n) is 22.6. The van der Waals surface area contributed by atoms with Crippen molar-refractivity contribution >= 4 is 28.2 Å². The van der Waals surface area contributed by atoms with E-state index in [2.05, 4.69) is 23.8 Å². The molecule has 6 rings (SSSR count). The second-order valence-electron chi connectivity index (χ2n) is 31.8. The van der Waals surface area contributed by atoms with Crippen molar-refractivity contribution in [1.29, 1.82) is 0 Å². The van der Waals surface area contributed by atoms with Crippen molar-refractivity contribution in [1.82, 2.24) is 0 Å². The first kappa shape index (κ1) is 110. The topological polar surface area (TPSA) is 643 Å². The minimum absolute atomic E-state index is 0. The van der Waals surface area contributed by atoms with Crippen molar-refractivity contribution in [3.8, 4) is 0 Å². The molecule has 42 heteroatoms. The van der Waals surface area contributed by atoms with Crippen LogP contribution < -0.4 is 75.1 Å². The number of hydrogen-bond acceptors (Lipinski definition) is 37. The Balaban J connectivity index is 0.0000149. The van der Waals surface area contributed by atoms with E-state index < -0.39 is 276 Å². The fourth-order valence-electron chi connectivity index (χ4n) is 15.6. The number of aliphatic hydroxyl groups excluding tert-OH is 17. The van der Waals surface area contributed by atoms with E-state index in [1.54, 1.807) is 6.08 Å². The third-order valence-corrected chi connectivity index (χ3v) is 23.0. The Hall–Kier alpha value is -1.14. The second kappa shape index (κ2) is 56.3. The van der Waals surface area contributed by atoms with E-state index in [0.29, 0.717) is 12.8 Å². The van der Waals surface area contributed by atoms with Crippen molar-refractivity contribution in [2.75, 3.05) is 33.0 Å². The van der Waals surface area contributed by atoms with Gasteiger partial charge in [-0.05, 0) is 51.3 Å². The molecule has 0 amide bonds. The quantitative estimate of drug-likeness (QED) is 0.00671. The van der Waals surface area contributed by atoms with E-state index in [0.717, 1.165) is 71.1 Å². The molecule has 6 saturated heterocycles. The molecule has 0 spiro atoms. The smallest absolute Gasteiger partial charge is 0.862 e. The number of nitrogens with two attached hydrogens (primary N) is 1. The molecule has 39 nitrogen and oxygen atoms in total. The molecule has 6 fully saturated rings. The average Bonchev–Trinajstić information content (AvgIpc) is 0.753. The van der Waals surface area contributed by atoms with Crippen LogP contribution >= 0.6 is 0 Å². The molecule has 119 heavy (non-hydrogen) atoms. The van der Waals surface area contributed by atoms with E-state index in [9.17, 15) is 120 Å². The molecule has 6 heterocycles. The van der Waals surface area contributed by atoms with Gasteiger partial charge in [0.1, 0.15) is 134 Å². The van der Waals surface area contributed by atoms with Crippen molar-refractivity contribution in [3.63, 3.8) is 0 Å². The van der Waals surface area contributed by atoms with Crippen LogP contribution in [0.4, 0.5) is 0 Å². The molecule has 684 valence electrons. The first-order valence-corrected chi connectivity index (χ1v) is 43.3. The molecule has 33 atom stereocenters. The molecule has 0 radical (unpaired) electrons. The largest absolute Gasteiger partial charge is 1.00 e. The summed E-state index contributed by atoms with van der Waals surface area (Å²) in [7, 11) is -5.61. The summed E-state index contributed by atoms with van der Waals surface area (Å²) in [5.74, 6) is -7.11. The second-order valence-corrected chi connectivity index (χ2v) is 32.9. The Morgan fingerprint density at radius 2 is 1.01 bits per heavy atom. The molecule has 0 aliphatic carbocycles. The zero-order valence-electron chi connectivity index (χ0n) is 69.7. The Bertz CT molecular complexity index is 2990. The van der Waals surface area contributed by atoms with Crippen LogP contribution in [0.5, 0.6) is 0 Å². The minimum atomic E-state index is -5.61. The molecule has 0 saturated carbocycles. The van der Waals surface area contributed by atoms with Gasteiger partial charge in [-0.1, -0.05) is 180 Å². The van der Waals surface area contributed by atoms with Gasteiger partial charge in [0, 0.05) is 12.8 Å². The number of ether oxygens (including phenoxy) is 11. The maximum atomic E-state index is 13.7. The summed E-state index contributed by atoms with van der Waals surface area (Å²) in [6.07, 6.45) is -29.7. The SMILES string of the molecule is CCCCCCCCCCCCC/C=C/[C@@H](O)[C@H](C[C@@H]1O[C@H](CO)[C@@H](O[C@@H]2O[C@H](CO)[C@H](O)[C@H](O[C@@H]3O[C@H](COS(=O)(=O)O)[C@@H](O[C@@H]4O[C@H](CO)[C@H](O)[C@H](O[C@]5(C(=O)O)C[C@H](O)[C@@H](N)[C@H]([C@H](O)[C@H](O)CO)O5)[C@H]4O)[C@H](O[C@@H]4O[C@@H](C)[C@@H](O)[C@@H](O)[C@@H]4O)[C@H]3N=C(C)[O-])[C@H]2O)[C@H](O)[C@H]1O)N=C([O-])CCCCCCCCCCCCCCCCC.[Na+].[Na+]. The van der Waals surface area contributed by atoms with Gasteiger partial charge in [-0.2, -0.15) is 8.42 Å². The molecule has 0 bridgehead atoms. The van der Waals surface area contributed by atoms with Gasteiger partial charge in [0.15, 0.2) is 25.2 Å². The van der Waals surface area contributed by atoms with E-state index in [1.807, 2.05) is 0 Å². The van der Waals surface area contributed by atoms with E-state index in [-0.39, 0.29) is 65.5 Å². The number of hydrogen-bond donors (Lipinski definition) is 20. The summed E-state index contributed by atoms with van der Waals surface area (Å²) in [5, 5.41) is 229. The van der Waals surface area contributed by atoms with Crippen LogP contribution in [-0.4, -0.2) is 357 Å². The summed E-state index contributed by atoms with van der Waals surface area (Å²) in [6.45, 7) is 0.401. The number of carbonyl (C=O) groups is 1. The van der Waals surface area contributed by atoms with Crippen LogP contribution in [0.15, 0.2) is 22.1 Å². The number of aliphatic imine (C=N–C) groups is 2. The standard InChI is InChI=1S/C77H139N3O36S.2Na/c1-5-7-9-11-13-15-17-19-20-22-24-26-28-30-32-34-53(89)80-44(45(86)33-31-29-27-25-23-21-18-16-14-12-10-8-6-2)35-48-58(92)62(96)66(51(40-84)107-48)111-74-64(98)70(59(93)49(38-82)108-74)114-72-55(79-43(4)85)69(113-73-63(97)61(95)56(90)42(3)106-73)67(52(110-72)41-105-117(102,103)104)112-75-65(99)71(60(94)50(39-83)109-75)116-77(76(100)101)36-46(87)54(78)68(115-77)57(91)47(88)37-81;;/h31,33,42,44-52,54-75,81-84,86-88,90-99H,5-30,32,34-41,78H2,1-4H3,(H,79,85)(H,80,89)(H,100,101)(H,102,103,104);;/q;2*+1/p-2/b33-31+;;/t42-,44-,45+,46-,47+,48-,49+,50+,51+,52+,54+,55+,56+,57+,58-,59-,60-,61+,62+,63-,64+,65+,66+,67+,68+,69+,70-,71-,72-,73-,74-,75-,77-;;/m0../s1. The van der Waals surface area contributed by atoms with E-state index >= 15 is 0 Å². The first-order chi connectivity index (χ1) is 55.7. The third kappa shape index (κ3) is 33.7. The predicted octanol–water partition coefficient (Wildman–Crippen LogP) is -8.83. The van der Waals surface area contributed by atoms with Crippen molar-refractivity contribution < 1.29 is 235 Å². The number of carboxylic acids is 1. The number of carboxylic acid groups (broad SMARTS) is 1. The van der Waals surface area contributed by atoms with Gasteiger partial charge in [-0.25, -0.2) is 8.98 Å². The summed E-state index contributed by atoms with van der Waals surface area (Å²) in [4.78, 5) is 21.7. The van der Waals surface area contributed by atoms with Gasteiger partial charge in [0.25, 0.3) is 5.79 Å². The molecule has 6 aliphatic rings. The fraction of sp³-hybridized carbons (Fsp3) is 0.935. The van der Waals surface area contributed by atoms with Crippen LogP contribution in [0.3, 0.4) is 0 Å². The van der Waals surface area contributed by atoms with Gasteiger partial charge >= 0.3 is 75.5 Å². The number of allylic oxidation sites excluding steroid dienone is 1. The number of nitrogens with zero attached hydrogens (tertiary/aromatic N) is 2. The summed E-state index contributed by atoms with van der Waals surface area (Å²) >= 11 is 0. The Labute approximate surface area is 741 Å². The molecular formula is C77H137N3Na2O36S. The normalized spacial score (nSPS) is 36.7. The number of aliphatic hydroxyl groups is 17. The summed E-state index contributed by atoms with van der Waals surface area (Å²) in [6, 6.07) is -5.22. The van der Waals surface area contributed by atoms with Crippen LogP contribution in [0, 0.1) is 0 Å². The monoisotopic (exact) mass is 1760 g/mol. The van der Waals surface area contributed by atoms with Crippen LogP contribution in [0.2, 0.25) is 0 Å². The van der Waals surface area contributed by atoms with Crippen LogP contribution in [0.1, 0.15) is 220 Å². The average molecular weight is 1760 g/mol. The summed E-state index contributed by atoms with van der Waals surface area (Å²) < 4.78 is 106. The van der Waals surface area contributed by atoms with E-state index in [4.69, 9.17) is 62.0 Å². The molecule has 0 unspecified atom stereocenters. The number of rotatable bonds is 54. The molecule has 0 aromatic heterocycles. The van der Waals surface area contributed by atoms with Gasteiger partial charge in [-0.15, -0.1) is 0 Å². The van der Waals surface area contributed by atoms with Gasteiger partial charge < -0.3 is 160 Å². The molecule has 6 aliphatic heterocycles. The first-order valence-electron chi connectivity index (χ1n) is 42.0. The van der Waals surface area contributed by atoms with Gasteiger partial charge in [0.05, 0.1) is 69.5 Å². The fourth-order valence-corrected chi connectivity index (χ4v) is 15.9. The summed E-state index contributed by atoms with van der Waals surface area (Å²) in [5.41, 5.74) is 6.04. The predicted molar refractivity (Wildman–Crippen MR) is 408 cm³/mol. The maximum absolute atomic E-state index is 13.7. The number of aliphatic carboxylic acids is 1. The Kier molecular flexibility index (Phi) is 52.2. The minimum Gasteiger partial charge on any atom is -0.862 e. The van der Waals surface area contributed by atoms with E-state index in [1.165, 1.54) is 109 Å². The zero-order chi connectivity index (χ0) is 86.3. The van der Waals surface area contributed by atoms with Crippen LogP contribution in [-0.2, 0) is 71.5 Å². The zero-order valence-corrected chi connectivity index (χ0v) is 74.5. The molecule has 0 aromatic carbocycles. The molecule has 21 N–H and O–H groups in total. The van der Waals surface area contributed by atoms with Gasteiger partial charge in [0.2, 0.25) is 0 Å². The maximum Gasteiger partial charge on any atom is 1.00 e. The van der Waals surface area contributed by atoms with Crippen molar-refractivity contribution in [2.24, 2.45) is 15.7 Å². The Morgan fingerprint density at radius 1 is 0.546 bits per heavy atom. The van der Waals surface area contributed by atoms with Crippen LogP contribution in [0.25, 0.3) is 0 Å². The molecular weight excluding hydrogens is 1620 g/mol. The van der Waals surface area contributed by atoms with Gasteiger partial charge in [-0.3, -0.25) is 14.5 Å². The Morgan fingerprint density at radius 3 is 1.50 bits per heavy atom. The molecule has 0 aromatic rings.